The van der Waals surface area contributed by atoms with Crippen LogP contribution in [0.25, 0.3) is 22.6 Å². The second-order valence-electron chi connectivity index (χ2n) is 4.48. The molecule has 106 valence electrons. The Bertz CT molecular complexity index is 746. The summed E-state index contributed by atoms with van der Waals surface area (Å²) < 4.78 is 5.15. The van der Waals surface area contributed by atoms with Crippen molar-refractivity contribution in [2.45, 2.75) is 0 Å². The average molecular weight is 319 g/mol. The highest BCUT2D eigenvalue weighted by Gasteiger charge is 2.12. The smallest absolute Gasteiger partial charge is 0.156 e. The zero-order chi connectivity index (χ0) is 14.8. The summed E-state index contributed by atoms with van der Waals surface area (Å²) in [6.07, 6.45) is 1.79. The van der Waals surface area contributed by atoms with Crippen LogP contribution < -0.4 is 4.74 Å². The summed E-state index contributed by atoms with van der Waals surface area (Å²) in [5, 5.41) is 0.912. The van der Waals surface area contributed by atoms with Gasteiger partial charge in [0.15, 0.2) is 5.75 Å². The van der Waals surface area contributed by atoms with Gasteiger partial charge in [-0.3, -0.25) is 0 Å². The van der Waals surface area contributed by atoms with E-state index >= 15 is 0 Å². The van der Waals surface area contributed by atoms with E-state index in [0.717, 1.165) is 16.8 Å². The summed E-state index contributed by atoms with van der Waals surface area (Å²) in [5.41, 5.74) is 2.82. The van der Waals surface area contributed by atoms with E-state index in [4.69, 9.17) is 27.9 Å². The first-order valence-corrected chi connectivity index (χ1v) is 7.08. The molecule has 0 amide bonds. The number of ether oxygens (including phenoxy) is 1. The Morgan fingerprint density at radius 2 is 1.67 bits per heavy atom. The summed E-state index contributed by atoms with van der Waals surface area (Å²) in [6.45, 7) is 0. The lowest BCUT2D eigenvalue weighted by atomic mass is 10.2. The molecule has 0 bridgehead atoms. The molecule has 0 saturated heterocycles. The van der Waals surface area contributed by atoms with Crippen molar-refractivity contribution in [3.8, 4) is 28.4 Å². The van der Waals surface area contributed by atoms with Gasteiger partial charge in [0.1, 0.15) is 5.82 Å². The number of rotatable bonds is 3. The van der Waals surface area contributed by atoms with E-state index in [1.807, 2.05) is 30.3 Å². The van der Waals surface area contributed by atoms with Crippen LogP contribution in [0.1, 0.15) is 0 Å². The van der Waals surface area contributed by atoms with Gasteiger partial charge in [0, 0.05) is 5.56 Å². The number of methoxy groups -OCH3 is 1. The summed E-state index contributed by atoms with van der Waals surface area (Å²) in [6, 6.07) is 13.5. The van der Waals surface area contributed by atoms with Gasteiger partial charge in [-0.1, -0.05) is 53.5 Å². The quantitative estimate of drug-likeness (QED) is 0.733. The minimum Gasteiger partial charge on any atom is -0.494 e. The molecule has 0 aliphatic heterocycles. The van der Waals surface area contributed by atoms with Crippen LogP contribution in [-0.4, -0.2) is 17.1 Å². The van der Waals surface area contributed by atoms with E-state index in [-0.39, 0.29) is 0 Å². The molecule has 0 radical (unpaired) electrons. The maximum Gasteiger partial charge on any atom is 0.156 e. The second kappa shape index (κ2) is 5.80. The number of aromatic amines is 1. The Balaban J connectivity index is 2.01. The van der Waals surface area contributed by atoms with E-state index in [1.165, 1.54) is 7.11 Å². The van der Waals surface area contributed by atoms with Crippen LogP contribution in [0.3, 0.4) is 0 Å². The Hall–Kier alpha value is -1.97. The van der Waals surface area contributed by atoms with Gasteiger partial charge in [0.05, 0.1) is 29.0 Å². The monoisotopic (exact) mass is 318 g/mol. The number of nitrogens with one attached hydrogen (secondary N) is 1. The molecule has 0 unspecified atom stereocenters. The van der Waals surface area contributed by atoms with E-state index in [1.54, 1.807) is 18.3 Å². The highest BCUT2D eigenvalue weighted by atomic mass is 35.5. The fraction of sp³-hybridized carbons (Fsp3) is 0.0625. The van der Waals surface area contributed by atoms with Gasteiger partial charge in [-0.2, -0.15) is 0 Å². The lowest BCUT2D eigenvalue weighted by Gasteiger charge is -2.07. The van der Waals surface area contributed by atoms with Crippen LogP contribution >= 0.6 is 23.2 Å². The molecule has 0 aliphatic carbocycles. The van der Waals surface area contributed by atoms with Crippen molar-refractivity contribution in [2.75, 3.05) is 7.11 Å². The zero-order valence-corrected chi connectivity index (χ0v) is 12.7. The Morgan fingerprint density at radius 1 is 1.00 bits per heavy atom. The highest BCUT2D eigenvalue weighted by Crippen LogP contribution is 2.36. The van der Waals surface area contributed by atoms with Crippen molar-refractivity contribution >= 4 is 23.2 Å². The molecular formula is C16H12Cl2N2O. The minimum atomic E-state index is 0.456. The first-order valence-electron chi connectivity index (χ1n) is 6.33. The molecule has 1 N–H and O–H groups in total. The van der Waals surface area contributed by atoms with Crippen LogP contribution in [0.2, 0.25) is 10.0 Å². The van der Waals surface area contributed by atoms with Crippen LogP contribution in [0.4, 0.5) is 0 Å². The third-order valence-corrected chi connectivity index (χ3v) is 3.70. The van der Waals surface area contributed by atoms with E-state index < -0.39 is 0 Å². The molecule has 21 heavy (non-hydrogen) atoms. The number of halogens is 2. The molecule has 0 saturated carbocycles. The molecule has 1 aromatic heterocycles. The summed E-state index contributed by atoms with van der Waals surface area (Å²) in [4.78, 5) is 7.66. The van der Waals surface area contributed by atoms with Gasteiger partial charge in [-0.15, -0.1) is 0 Å². The molecular weight excluding hydrogens is 307 g/mol. The first kappa shape index (κ1) is 14.0. The van der Waals surface area contributed by atoms with Crippen molar-refractivity contribution in [2.24, 2.45) is 0 Å². The van der Waals surface area contributed by atoms with E-state index in [9.17, 15) is 0 Å². The van der Waals surface area contributed by atoms with Gasteiger partial charge < -0.3 is 9.72 Å². The molecule has 5 heteroatoms. The standard InChI is InChI=1S/C16H12Cl2N2O/c1-21-15-12(17)7-11(8-13(15)18)16-19-9-14(20-16)10-5-3-2-4-6-10/h2-9H,1H3,(H,19,20). The molecule has 2 aromatic carbocycles. The molecule has 0 aliphatic rings. The van der Waals surface area contributed by atoms with E-state index in [2.05, 4.69) is 9.97 Å². The number of H-pyrrole nitrogens is 1. The normalized spacial score (nSPS) is 10.6. The summed E-state index contributed by atoms with van der Waals surface area (Å²) >= 11 is 12.3. The van der Waals surface area contributed by atoms with Crippen molar-refractivity contribution < 1.29 is 4.74 Å². The maximum atomic E-state index is 6.16. The molecule has 3 aromatic rings. The minimum absolute atomic E-state index is 0.456. The SMILES string of the molecule is COc1c(Cl)cc(-c2ncc(-c3ccccc3)[nH]2)cc1Cl. The van der Waals surface area contributed by atoms with Crippen LogP contribution in [0, 0.1) is 0 Å². The third kappa shape index (κ3) is 2.75. The van der Waals surface area contributed by atoms with Crippen molar-refractivity contribution in [1.82, 2.24) is 9.97 Å². The topological polar surface area (TPSA) is 37.9 Å². The number of nitrogens with zero attached hydrogens (tertiary/aromatic N) is 1. The lowest BCUT2D eigenvalue weighted by Crippen LogP contribution is -1.88. The molecule has 0 fully saturated rings. The number of imidazole rings is 1. The number of benzene rings is 2. The van der Waals surface area contributed by atoms with Crippen LogP contribution in [0.5, 0.6) is 5.75 Å². The van der Waals surface area contributed by atoms with Crippen LogP contribution in [0.15, 0.2) is 48.7 Å². The van der Waals surface area contributed by atoms with Gasteiger partial charge >= 0.3 is 0 Å². The molecule has 0 atom stereocenters. The summed E-state index contributed by atoms with van der Waals surface area (Å²) in [5.74, 6) is 1.18. The Kier molecular flexibility index (Phi) is 3.86. The number of hydrogen-bond donors (Lipinski definition) is 1. The summed E-state index contributed by atoms with van der Waals surface area (Å²) in [7, 11) is 1.53. The predicted octanol–water partition coefficient (Wildman–Crippen LogP) is 5.06. The molecule has 3 nitrogen and oxygen atoms in total. The first-order chi connectivity index (χ1) is 10.2. The molecule has 3 rings (SSSR count). The lowest BCUT2D eigenvalue weighted by molar-refractivity contribution is 0.415. The zero-order valence-electron chi connectivity index (χ0n) is 11.2. The third-order valence-electron chi connectivity index (χ3n) is 3.14. The highest BCUT2D eigenvalue weighted by molar-refractivity contribution is 6.37. The van der Waals surface area contributed by atoms with Crippen LogP contribution in [-0.2, 0) is 0 Å². The van der Waals surface area contributed by atoms with Crippen molar-refractivity contribution in [3.05, 3.63) is 58.7 Å². The molecule has 0 spiro atoms. The Labute approximate surface area is 132 Å². The Morgan fingerprint density at radius 3 is 2.29 bits per heavy atom. The average Bonchev–Trinajstić information content (AvgIpc) is 2.97. The fourth-order valence-electron chi connectivity index (χ4n) is 2.12. The number of hydrogen-bond acceptors (Lipinski definition) is 2. The van der Waals surface area contributed by atoms with Crippen molar-refractivity contribution in [3.63, 3.8) is 0 Å². The largest absolute Gasteiger partial charge is 0.494 e. The van der Waals surface area contributed by atoms with Crippen molar-refractivity contribution in [1.29, 1.82) is 0 Å². The maximum absolute atomic E-state index is 6.16. The number of aromatic nitrogens is 2. The van der Waals surface area contributed by atoms with Gasteiger partial charge in [-0.25, -0.2) is 4.98 Å². The fourth-order valence-corrected chi connectivity index (χ4v) is 2.77. The predicted molar refractivity (Wildman–Crippen MR) is 86.0 cm³/mol. The van der Waals surface area contributed by atoms with Gasteiger partial charge in [-0.05, 0) is 17.7 Å². The van der Waals surface area contributed by atoms with Gasteiger partial charge in [0.25, 0.3) is 0 Å². The van der Waals surface area contributed by atoms with E-state index in [0.29, 0.717) is 21.6 Å². The second-order valence-corrected chi connectivity index (χ2v) is 5.30. The molecule has 1 heterocycles. The van der Waals surface area contributed by atoms with Gasteiger partial charge in [0.2, 0.25) is 0 Å².